The van der Waals surface area contributed by atoms with E-state index in [9.17, 15) is 9.90 Å². The lowest BCUT2D eigenvalue weighted by Gasteiger charge is -2.12. The van der Waals surface area contributed by atoms with Gasteiger partial charge in [-0.1, -0.05) is 23.7 Å². The Morgan fingerprint density at radius 1 is 1.42 bits per heavy atom. The summed E-state index contributed by atoms with van der Waals surface area (Å²) in [5.41, 5.74) is 2.22. The molecule has 1 aromatic heterocycles. The summed E-state index contributed by atoms with van der Waals surface area (Å²) in [6, 6.07) is 8.92. The molecular weight excluding hydrogens is 264 g/mol. The second-order valence-corrected chi connectivity index (χ2v) is 4.82. The highest BCUT2D eigenvalue weighted by Gasteiger charge is 2.22. The maximum Gasteiger partial charge on any atom is 0.313 e. The predicted octanol–water partition coefficient (Wildman–Crippen LogP) is 2.85. The van der Waals surface area contributed by atoms with Crippen molar-refractivity contribution in [3.05, 3.63) is 58.4 Å². The lowest BCUT2D eigenvalue weighted by molar-refractivity contribution is -0.138. The van der Waals surface area contributed by atoms with Crippen LogP contribution in [0.4, 0.5) is 0 Å². The van der Waals surface area contributed by atoms with Crippen LogP contribution in [0.25, 0.3) is 0 Å². The third-order valence-corrected chi connectivity index (χ3v) is 3.03. The Labute approximate surface area is 116 Å². The summed E-state index contributed by atoms with van der Waals surface area (Å²) in [4.78, 5) is 11.4. The summed E-state index contributed by atoms with van der Waals surface area (Å²) in [6.45, 7) is 1.86. The lowest BCUT2D eigenvalue weighted by Crippen LogP contribution is -2.16. The number of carbonyl (C=O) groups is 1. The SMILES string of the molecule is Cc1cnnc(C(Cc2cccc(Cl)c2)C(=O)O)c1. The van der Waals surface area contributed by atoms with Crippen LogP contribution in [0.15, 0.2) is 36.5 Å². The van der Waals surface area contributed by atoms with E-state index in [1.807, 2.05) is 13.0 Å². The van der Waals surface area contributed by atoms with Gasteiger partial charge in [0, 0.05) is 5.02 Å². The number of aliphatic carboxylic acids is 1. The summed E-state index contributed by atoms with van der Waals surface area (Å²) >= 11 is 5.90. The van der Waals surface area contributed by atoms with E-state index in [1.54, 1.807) is 30.5 Å². The summed E-state index contributed by atoms with van der Waals surface area (Å²) in [5.74, 6) is -1.63. The number of hydrogen-bond donors (Lipinski definition) is 1. The molecule has 0 saturated carbocycles. The normalized spacial score (nSPS) is 12.1. The molecule has 0 saturated heterocycles. The second kappa shape index (κ2) is 5.80. The fraction of sp³-hybridized carbons (Fsp3) is 0.214. The Kier molecular flexibility index (Phi) is 4.12. The minimum atomic E-state index is -0.917. The Morgan fingerprint density at radius 3 is 2.84 bits per heavy atom. The highest BCUT2D eigenvalue weighted by Crippen LogP contribution is 2.21. The number of rotatable bonds is 4. The van der Waals surface area contributed by atoms with Gasteiger partial charge in [-0.05, 0) is 42.7 Å². The molecule has 19 heavy (non-hydrogen) atoms. The van der Waals surface area contributed by atoms with Crippen LogP contribution in [0, 0.1) is 6.92 Å². The predicted molar refractivity (Wildman–Crippen MR) is 72.3 cm³/mol. The van der Waals surface area contributed by atoms with Crippen LogP contribution in [-0.2, 0) is 11.2 Å². The average Bonchev–Trinajstić information content (AvgIpc) is 2.35. The molecule has 1 unspecified atom stereocenters. The first-order valence-electron chi connectivity index (χ1n) is 5.83. The lowest BCUT2D eigenvalue weighted by atomic mass is 9.95. The van der Waals surface area contributed by atoms with E-state index in [1.165, 1.54) is 0 Å². The number of aromatic nitrogens is 2. The summed E-state index contributed by atoms with van der Waals surface area (Å²) in [5, 5.41) is 17.7. The van der Waals surface area contributed by atoms with Gasteiger partial charge in [0.05, 0.1) is 11.9 Å². The number of benzene rings is 1. The van der Waals surface area contributed by atoms with Gasteiger partial charge in [-0.2, -0.15) is 10.2 Å². The minimum absolute atomic E-state index is 0.341. The molecule has 0 bridgehead atoms. The third kappa shape index (κ3) is 3.51. The van der Waals surface area contributed by atoms with Crippen molar-refractivity contribution >= 4 is 17.6 Å². The topological polar surface area (TPSA) is 63.1 Å². The maximum absolute atomic E-state index is 11.4. The first kappa shape index (κ1) is 13.5. The van der Waals surface area contributed by atoms with Crippen LogP contribution in [-0.4, -0.2) is 21.3 Å². The maximum atomic E-state index is 11.4. The molecule has 5 heteroatoms. The number of carboxylic acid groups (broad SMARTS) is 1. The molecule has 1 N–H and O–H groups in total. The molecule has 0 amide bonds. The van der Waals surface area contributed by atoms with Gasteiger partial charge < -0.3 is 5.11 Å². The van der Waals surface area contributed by atoms with Gasteiger partial charge in [-0.25, -0.2) is 0 Å². The number of aryl methyl sites for hydroxylation is 1. The quantitative estimate of drug-likeness (QED) is 0.933. The molecule has 0 aliphatic heterocycles. The molecule has 2 rings (SSSR count). The van der Waals surface area contributed by atoms with Crippen LogP contribution in [0.1, 0.15) is 22.7 Å². The zero-order valence-corrected chi connectivity index (χ0v) is 11.1. The molecule has 4 nitrogen and oxygen atoms in total. The van der Waals surface area contributed by atoms with E-state index >= 15 is 0 Å². The zero-order valence-electron chi connectivity index (χ0n) is 10.4. The molecule has 0 spiro atoms. The second-order valence-electron chi connectivity index (χ2n) is 4.38. The molecule has 1 heterocycles. The number of carboxylic acids is 1. The number of nitrogens with zero attached hydrogens (tertiary/aromatic N) is 2. The molecule has 2 aromatic rings. The molecule has 1 aromatic carbocycles. The fourth-order valence-electron chi connectivity index (χ4n) is 1.87. The highest BCUT2D eigenvalue weighted by molar-refractivity contribution is 6.30. The average molecular weight is 277 g/mol. The van der Waals surface area contributed by atoms with E-state index in [0.717, 1.165) is 11.1 Å². The number of hydrogen-bond acceptors (Lipinski definition) is 3. The van der Waals surface area contributed by atoms with E-state index in [-0.39, 0.29) is 0 Å². The van der Waals surface area contributed by atoms with E-state index in [4.69, 9.17) is 11.6 Å². The van der Waals surface area contributed by atoms with Crippen molar-refractivity contribution < 1.29 is 9.90 Å². The Morgan fingerprint density at radius 2 is 2.21 bits per heavy atom. The smallest absolute Gasteiger partial charge is 0.313 e. The number of halogens is 1. The molecule has 0 fully saturated rings. The van der Waals surface area contributed by atoms with Gasteiger partial charge in [0.1, 0.15) is 5.92 Å². The van der Waals surface area contributed by atoms with Crippen molar-refractivity contribution in [3.63, 3.8) is 0 Å². The van der Waals surface area contributed by atoms with Gasteiger partial charge in [0.2, 0.25) is 0 Å². The van der Waals surface area contributed by atoms with E-state index in [0.29, 0.717) is 17.1 Å². The standard InChI is InChI=1S/C14H13ClN2O2/c1-9-5-13(17-16-8-9)12(14(18)19)7-10-3-2-4-11(15)6-10/h2-6,8,12H,7H2,1H3,(H,18,19). The summed E-state index contributed by atoms with van der Waals surface area (Å²) < 4.78 is 0. The first-order valence-corrected chi connectivity index (χ1v) is 6.20. The van der Waals surface area contributed by atoms with Gasteiger partial charge in [-0.3, -0.25) is 4.79 Å². The van der Waals surface area contributed by atoms with Crippen molar-refractivity contribution in [1.82, 2.24) is 10.2 Å². The van der Waals surface area contributed by atoms with Crippen molar-refractivity contribution in [2.45, 2.75) is 19.3 Å². The first-order chi connectivity index (χ1) is 9.06. The molecule has 0 radical (unpaired) electrons. The third-order valence-electron chi connectivity index (χ3n) is 2.79. The van der Waals surface area contributed by atoms with Crippen molar-refractivity contribution in [3.8, 4) is 0 Å². The van der Waals surface area contributed by atoms with Gasteiger partial charge in [-0.15, -0.1) is 0 Å². The van der Waals surface area contributed by atoms with Crippen LogP contribution < -0.4 is 0 Å². The van der Waals surface area contributed by atoms with Crippen LogP contribution in [0.5, 0.6) is 0 Å². The van der Waals surface area contributed by atoms with E-state index < -0.39 is 11.9 Å². The molecule has 98 valence electrons. The highest BCUT2D eigenvalue weighted by atomic mass is 35.5. The summed E-state index contributed by atoms with van der Waals surface area (Å²) in [7, 11) is 0. The zero-order chi connectivity index (χ0) is 13.8. The Bertz CT molecular complexity index is 602. The van der Waals surface area contributed by atoms with Crippen molar-refractivity contribution in [2.75, 3.05) is 0 Å². The molecule has 1 atom stereocenters. The minimum Gasteiger partial charge on any atom is -0.481 e. The molecule has 0 aliphatic rings. The molecule has 0 aliphatic carbocycles. The summed E-state index contributed by atoms with van der Waals surface area (Å²) in [6.07, 6.45) is 1.94. The van der Waals surface area contributed by atoms with Crippen molar-refractivity contribution in [1.29, 1.82) is 0 Å². The molecular formula is C14H13ClN2O2. The largest absolute Gasteiger partial charge is 0.481 e. The van der Waals surface area contributed by atoms with Gasteiger partial charge >= 0.3 is 5.97 Å². The van der Waals surface area contributed by atoms with Crippen LogP contribution >= 0.6 is 11.6 Å². The van der Waals surface area contributed by atoms with Crippen LogP contribution in [0.2, 0.25) is 5.02 Å². The Balaban J connectivity index is 2.29. The Hall–Kier alpha value is -1.94. The van der Waals surface area contributed by atoms with E-state index in [2.05, 4.69) is 10.2 Å². The monoisotopic (exact) mass is 276 g/mol. The van der Waals surface area contributed by atoms with Crippen LogP contribution in [0.3, 0.4) is 0 Å². The fourth-order valence-corrected chi connectivity index (χ4v) is 2.09. The van der Waals surface area contributed by atoms with Gasteiger partial charge in [0.15, 0.2) is 0 Å². The van der Waals surface area contributed by atoms with Crippen molar-refractivity contribution in [2.24, 2.45) is 0 Å². The van der Waals surface area contributed by atoms with Gasteiger partial charge in [0.25, 0.3) is 0 Å².